The Kier molecular flexibility index (Phi) is 4.43. The van der Waals surface area contributed by atoms with Crippen molar-refractivity contribution >= 4 is 5.69 Å². The van der Waals surface area contributed by atoms with Gasteiger partial charge in [-0.3, -0.25) is 0 Å². The van der Waals surface area contributed by atoms with Gasteiger partial charge >= 0.3 is 6.18 Å². The molecule has 3 nitrogen and oxygen atoms in total. The molecule has 0 aromatic heterocycles. The molecule has 0 bridgehead atoms. The van der Waals surface area contributed by atoms with E-state index in [1.807, 2.05) is 4.90 Å². The van der Waals surface area contributed by atoms with Gasteiger partial charge in [0.15, 0.2) is 0 Å². The third-order valence-corrected chi connectivity index (χ3v) is 4.02. The summed E-state index contributed by atoms with van der Waals surface area (Å²) in [6.07, 6.45) is -3.29. The van der Waals surface area contributed by atoms with Crippen molar-refractivity contribution in [2.24, 2.45) is 5.92 Å². The van der Waals surface area contributed by atoms with Crippen LogP contribution in [0.15, 0.2) is 18.2 Å². The second kappa shape index (κ2) is 5.94. The first-order valence-electron chi connectivity index (χ1n) is 6.87. The minimum absolute atomic E-state index is 0.228. The Hall–Kier alpha value is -1.74. The summed E-state index contributed by atoms with van der Waals surface area (Å²) in [6, 6.07) is 5.30. The maximum Gasteiger partial charge on any atom is 0.417 e. The zero-order chi connectivity index (χ0) is 15.6. The Labute approximate surface area is 121 Å². The summed E-state index contributed by atoms with van der Waals surface area (Å²) in [7, 11) is 0. The molecule has 1 aliphatic rings. The van der Waals surface area contributed by atoms with Crippen LogP contribution in [0.1, 0.15) is 30.9 Å². The molecule has 0 saturated carbocycles. The van der Waals surface area contributed by atoms with E-state index in [1.54, 1.807) is 13.0 Å². The molecule has 2 rings (SSSR count). The van der Waals surface area contributed by atoms with Crippen LogP contribution in [0.5, 0.6) is 0 Å². The second-order valence-electron chi connectivity index (χ2n) is 5.40. The normalized spacial score (nSPS) is 18.4. The highest BCUT2D eigenvalue weighted by Crippen LogP contribution is 2.34. The highest BCUT2D eigenvalue weighted by molar-refractivity contribution is 5.55. The molecule has 1 aromatic carbocycles. The quantitative estimate of drug-likeness (QED) is 0.912. The van der Waals surface area contributed by atoms with Gasteiger partial charge in [-0.15, -0.1) is 0 Å². The van der Waals surface area contributed by atoms with Gasteiger partial charge in [0.2, 0.25) is 0 Å². The summed E-state index contributed by atoms with van der Waals surface area (Å²) in [5.41, 5.74) is -0.617. The van der Waals surface area contributed by atoms with E-state index in [1.165, 1.54) is 12.1 Å². The molecule has 114 valence electrons. The van der Waals surface area contributed by atoms with Crippen LogP contribution >= 0.6 is 0 Å². The number of piperidine rings is 1. The van der Waals surface area contributed by atoms with Crippen molar-refractivity contribution in [2.45, 2.75) is 32.0 Å². The molecule has 21 heavy (non-hydrogen) atoms. The maximum atomic E-state index is 12.8. The molecule has 0 aliphatic carbocycles. The van der Waals surface area contributed by atoms with Crippen molar-refractivity contribution < 1.29 is 18.3 Å². The van der Waals surface area contributed by atoms with Crippen molar-refractivity contribution in [3.63, 3.8) is 0 Å². The van der Waals surface area contributed by atoms with Gasteiger partial charge in [0.25, 0.3) is 0 Å². The van der Waals surface area contributed by atoms with E-state index in [4.69, 9.17) is 5.26 Å². The lowest BCUT2D eigenvalue weighted by Gasteiger charge is -2.35. The van der Waals surface area contributed by atoms with Crippen molar-refractivity contribution in [3.8, 4) is 6.07 Å². The molecule has 1 aliphatic heterocycles. The first-order valence-corrected chi connectivity index (χ1v) is 6.87. The molecular weight excluding hydrogens is 281 g/mol. The van der Waals surface area contributed by atoms with Crippen LogP contribution in [0.2, 0.25) is 0 Å². The van der Waals surface area contributed by atoms with Crippen LogP contribution in [0, 0.1) is 17.2 Å². The van der Waals surface area contributed by atoms with Gasteiger partial charge in [-0.2, -0.15) is 18.4 Å². The van der Waals surface area contributed by atoms with E-state index in [0.29, 0.717) is 18.8 Å². The molecule has 0 radical (unpaired) electrons. The summed E-state index contributed by atoms with van der Waals surface area (Å²) >= 11 is 0. The van der Waals surface area contributed by atoms with Crippen LogP contribution in [-0.2, 0) is 6.18 Å². The topological polar surface area (TPSA) is 47.3 Å². The fraction of sp³-hybridized carbons (Fsp3) is 0.533. The van der Waals surface area contributed by atoms with Crippen molar-refractivity contribution in [3.05, 3.63) is 29.3 Å². The minimum atomic E-state index is -4.51. The van der Waals surface area contributed by atoms with Gasteiger partial charge < -0.3 is 10.0 Å². The highest BCUT2D eigenvalue weighted by atomic mass is 19.4. The number of benzene rings is 1. The lowest BCUT2D eigenvalue weighted by atomic mass is 9.92. The standard InChI is InChI=1S/C15H17F3N2O/c1-10(21)11-4-6-20(7-5-11)13-2-3-14(15(16,17)18)12(8-13)9-19/h2-3,8,10-11,21H,4-7H2,1H3. The molecule has 0 spiro atoms. The number of halogens is 3. The molecule has 6 heteroatoms. The first kappa shape index (κ1) is 15.6. The van der Waals surface area contributed by atoms with E-state index in [0.717, 1.165) is 18.9 Å². The van der Waals surface area contributed by atoms with E-state index >= 15 is 0 Å². The first-order chi connectivity index (χ1) is 9.82. The Morgan fingerprint density at radius 1 is 1.33 bits per heavy atom. The number of rotatable bonds is 2. The average Bonchev–Trinajstić information content (AvgIpc) is 2.45. The Balaban J connectivity index is 2.18. The van der Waals surface area contributed by atoms with Gasteiger partial charge in [0.1, 0.15) is 0 Å². The number of anilines is 1. The molecule has 1 atom stereocenters. The number of hydrogen-bond donors (Lipinski definition) is 1. The average molecular weight is 298 g/mol. The smallest absolute Gasteiger partial charge is 0.393 e. The van der Waals surface area contributed by atoms with Gasteiger partial charge in [0.05, 0.1) is 23.3 Å². The molecule has 1 saturated heterocycles. The monoisotopic (exact) mass is 298 g/mol. The van der Waals surface area contributed by atoms with Crippen molar-refractivity contribution in [2.75, 3.05) is 18.0 Å². The lowest BCUT2D eigenvalue weighted by molar-refractivity contribution is -0.137. The summed E-state index contributed by atoms with van der Waals surface area (Å²) in [6.45, 7) is 3.10. The SMILES string of the molecule is CC(O)C1CCN(c2ccc(C(F)(F)F)c(C#N)c2)CC1. The fourth-order valence-corrected chi connectivity index (χ4v) is 2.71. The number of aliphatic hydroxyl groups is 1. The van der Waals surface area contributed by atoms with Gasteiger partial charge in [0, 0.05) is 18.8 Å². The maximum absolute atomic E-state index is 12.8. The van der Waals surface area contributed by atoms with Crippen LogP contribution < -0.4 is 4.90 Å². The Morgan fingerprint density at radius 2 is 1.95 bits per heavy atom. The molecule has 0 amide bonds. The third kappa shape index (κ3) is 3.48. The molecule has 1 heterocycles. The van der Waals surface area contributed by atoms with Crippen LogP contribution in [0.3, 0.4) is 0 Å². The Morgan fingerprint density at radius 3 is 2.43 bits per heavy atom. The van der Waals surface area contributed by atoms with E-state index in [2.05, 4.69) is 0 Å². The van der Waals surface area contributed by atoms with E-state index in [9.17, 15) is 18.3 Å². The summed E-state index contributed by atoms with van der Waals surface area (Å²) < 4.78 is 38.3. The number of nitrogens with zero attached hydrogens (tertiary/aromatic N) is 2. The summed E-state index contributed by atoms with van der Waals surface area (Å²) in [5, 5.41) is 18.5. The van der Waals surface area contributed by atoms with Crippen LogP contribution in [0.25, 0.3) is 0 Å². The largest absolute Gasteiger partial charge is 0.417 e. The molecule has 1 unspecified atom stereocenters. The summed E-state index contributed by atoms with van der Waals surface area (Å²) in [4.78, 5) is 1.96. The number of nitriles is 1. The molecular formula is C15H17F3N2O. The van der Waals surface area contributed by atoms with Crippen molar-refractivity contribution in [1.29, 1.82) is 5.26 Å². The second-order valence-corrected chi connectivity index (χ2v) is 5.40. The Bertz CT molecular complexity index is 541. The zero-order valence-corrected chi connectivity index (χ0v) is 11.7. The summed E-state index contributed by atoms with van der Waals surface area (Å²) in [5.74, 6) is 0.228. The van der Waals surface area contributed by atoms with Gasteiger partial charge in [-0.25, -0.2) is 0 Å². The lowest BCUT2D eigenvalue weighted by Crippen LogP contribution is -2.37. The molecule has 1 aromatic rings. The number of aliphatic hydroxyl groups excluding tert-OH is 1. The predicted molar refractivity (Wildman–Crippen MR) is 72.8 cm³/mol. The van der Waals surface area contributed by atoms with E-state index in [-0.39, 0.29) is 17.6 Å². The minimum Gasteiger partial charge on any atom is -0.393 e. The predicted octanol–water partition coefficient (Wildman–Crippen LogP) is 3.17. The fourth-order valence-electron chi connectivity index (χ4n) is 2.71. The van der Waals surface area contributed by atoms with Crippen LogP contribution in [0.4, 0.5) is 18.9 Å². The number of alkyl halides is 3. The van der Waals surface area contributed by atoms with Crippen LogP contribution in [-0.4, -0.2) is 24.3 Å². The number of hydrogen-bond acceptors (Lipinski definition) is 3. The zero-order valence-electron chi connectivity index (χ0n) is 11.7. The highest BCUT2D eigenvalue weighted by Gasteiger charge is 2.34. The van der Waals surface area contributed by atoms with Gasteiger partial charge in [-0.1, -0.05) is 0 Å². The third-order valence-electron chi connectivity index (χ3n) is 4.02. The van der Waals surface area contributed by atoms with Gasteiger partial charge in [-0.05, 0) is 43.9 Å². The molecule has 1 N–H and O–H groups in total. The van der Waals surface area contributed by atoms with Crippen molar-refractivity contribution in [1.82, 2.24) is 0 Å². The molecule has 1 fully saturated rings. The van der Waals surface area contributed by atoms with E-state index < -0.39 is 11.7 Å².